The summed E-state index contributed by atoms with van der Waals surface area (Å²) in [5.41, 5.74) is 1.35. The number of carbonyl (C=O) groups excluding carboxylic acids is 1. The van der Waals surface area contributed by atoms with Gasteiger partial charge in [-0.3, -0.25) is 4.79 Å². The van der Waals surface area contributed by atoms with Crippen LogP contribution in [0.25, 0.3) is 0 Å². The zero-order valence-electron chi connectivity index (χ0n) is 14.2. The highest BCUT2D eigenvalue weighted by molar-refractivity contribution is 8.01. The van der Waals surface area contributed by atoms with Gasteiger partial charge in [-0.15, -0.1) is 10.2 Å². The van der Waals surface area contributed by atoms with Crippen molar-refractivity contribution < 1.29 is 13.2 Å². The Labute approximate surface area is 165 Å². The molecule has 0 saturated heterocycles. The van der Waals surface area contributed by atoms with Gasteiger partial charge in [-0.1, -0.05) is 47.4 Å². The van der Waals surface area contributed by atoms with Gasteiger partial charge in [-0.2, -0.15) is 0 Å². The molecule has 1 aromatic heterocycles. The van der Waals surface area contributed by atoms with E-state index < -0.39 is 9.84 Å². The number of hydrogen-bond acceptors (Lipinski definition) is 8. The standard InChI is InChI=1S/C17H16N4O3S3/c1-27(23,24)14-9-5-8-13(10-14)18-15(22)11-25-17-21-20-16(26-17)19-12-6-3-2-4-7-12/h2-10H,11H2,1H3,(H,18,22)(H,19,20). The van der Waals surface area contributed by atoms with Crippen molar-refractivity contribution in [2.24, 2.45) is 0 Å². The summed E-state index contributed by atoms with van der Waals surface area (Å²) in [6.07, 6.45) is 1.13. The maximum absolute atomic E-state index is 12.1. The number of rotatable bonds is 7. The molecule has 10 heteroatoms. The Morgan fingerprint density at radius 3 is 2.56 bits per heavy atom. The average molecular weight is 421 g/mol. The third kappa shape index (κ3) is 5.78. The Morgan fingerprint density at radius 1 is 1.07 bits per heavy atom. The van der Waals surface area contributed by atoms with E-state index in [1.807, 2.05) is 30.3 Å². The molecule has 1 heterocycles. The van der Waals surface area contributed by atoms with E-state index in [4.69, 9.17) is 0 Å². The Bertz CT molecular complexity index is 1040. The van der Waals surface area contributed by atoms with Gasteiger partial charge < -0.3 is 10.6 Å². The molecule has 0 bridgehead atoms. The van der Waals surface area contributed by atoms with Crippen molar-refractivity contribution >= 4 is 55.3 Å². The third-order valence-electron chi connectivity index (χ3n) is 3.30. The molecule has 0 unspecified atom stereocenters. The molecular formula is C17H16N4O3S3. The molecular weight excluding hydrogens is 404 g/mol. The van der Waals surface area contributed by atoms with Gasteiger partial charge in [0, 0.05) is 17.6 Å². The second-order valence-corrected chi connectivity index (χ2v) is 9.72. The lowest BCUT2D eigenvalue weighted by Crippen LogP contribution is -2.14. The van der Waals surface area contributed by atoms with Gasteiger partial charge in [0.15, 0.2) is 14.2 Å². The van der Waals surface area contributed by atoms with Crippen LogP contribution < -0.4 is 10.6 Å². The second-order valence-electron chi connectivity index (χ2n) is 5.50. The summed E-state index contributed by atoms with van der Waals surface area (Å²) in [6, 6.07) is 15.8. The average Bonchev–Trinajstić information content (AvgIpc) is 3.08. The molecule has 0 saturated carbocycles. The molecule has 2 aromatic carbocycles. The SMILES string of the molecule is CS(=O)(=O)c1cccc(NC(=O)CSc2nnc(Nc3ccccc3)s2)c1. The summed E-state index contributed by atoms with van der Waals surface area (Å²) in [5, 5.41) is 14.6. The number of amides is 1. The molecule has 3 rings (SSSR count). The predicted molar refractivity (Wildman–Crippen MR) is 109 cm³/mol. The van der Waals surface area contributed by atoms with Gasteiger partial charge in [-0.05, 0) is 30.3 Å². The fourth-order valence-corrected chi connectivity index (χ4v) is 4.33. The Morgan fingerprint density at radius 2 is 1.81 bits per heavy atom. The number of nitrogens with one attached hydrogen (secondary N) is 2. The van der Waals surface area contributed by atoms with Crippen LogP contribution in [0.3, 0.4) is 0 Å². The van der Waals surface area contributed by atoms with E-state index in [-0.39, 0.29) is 16.6 Å². The normalized spacial score (nSPS) is 11.1. The van der Waals surface area contributed by atoms with E-state index in [9.17, 15) is 13.2 Å². The van der Waals surface area contributed by atoms with Crippen molar-refractivity contribution in [2.45, 2.75) is 9.24 Å². The van der Waals surface area contributed by atoms with Gasteiger partial charge in [0.25, 0.3) is 0 Å². The summed E-state index contributed by atoms with van der Waals surface area (Å²) in [5.74, 6) is -0.110. The van der Waals surface area contributed by atoms with Gasteiger partial charge >= 0.3 is 0 Å². The zero-order valence-corrected chi connectivity index (χ0v) is 16.7. The van der Waals surface area contributed by atoms with Crippen LogP contribution in [0.5, 0.6) is 0 Å². The van der Waals surface area contributed by atoms with Crippen LogP contribution in [0.2, 0.25) is 0 Å². The fraction of sp³-hybridized carbons (Fsp3) is 0.118. The molecule has 0 aliphatic rings. The van der Waals surface area contributed by atoms with E-state index in [0.717, 1.165) is 11.9 Å². The number of nitrogens with zero attached hydrogens (tertiary/aromatic N) is 2. The quantitative estimate of drug-likeness (QED) is 0.565. The van der Waals surface area contributed by atoms with E-state index in [2.05, 4.69) is 20.8 Å². The van der Waals surface area contributed by atoms with E-state index >= 15 is 0 Å². The van der Waals surface area contributed by atoms with E-state index in [0.29, 0.717) is 15.2 Å². The summed E-state index contributed by atoms with van der Waals surface area (Å²) >= 11 is 2.62. The number of sulfone groups is 1. The number of benzene rings is 2. The molecule has 0 spiro atoms. The van der Waals surface area contributed by atoms with Crippen LogP contribution in [0, 0.1) is 0 Å². The Balaban J connectivity index is 1.54. The summed E-state index contributed by atoms with van der Waals surface area (Å²) in [4.78, 5) is 12.3. The van der Waals surface area contributed by atoms with Gasteiger partial charge in [0.1, 0.15) is 0 Å². The molecule has 0 radical (unpaired) electrons. The van der Waals surface area contributed by atoms with Crippen LogP contribution >= 0.6 is 23.1 Å². The highest BCUT2D eigenvalue weighted by Crippen LogP contribution is 2.27. The van der Waals surface area contributed by atoms with Crippen molar-refractivity contribution in [3.63, 3.8) is 0 Å². The van der Waals surface area contributed by atoms with Crippen molar-refractivity contribution in [1.82, 2.24) is 10.2 Å². The molecule has 0 fully saturated rings. The lowest BCUT2D eigenvalue weighted by Gasteiger charge is -2.06. The van der Waals surface area contributed by atoms with Gasteiger partial charge in [0.2, 0.25) is 11.0 Å². The first-order valence-corrected chi connectivity index (χ1v) is 11.5. The largest absolute Gasteiger partial charge is 0.330 e. The van der Waals surface area contributed by atoms with Crippen molar-refractivity contribution in [3.8, 4) is 0 Å². The lowest BCUT2D eigenvalue weighted by atomic mass is 10.3. The molecule has 1 amide bonds. The van der Waals surface area contributed by atoms with Crippen molar-refractivity contribution in [2.75, 3.05) is 22.6 Å². The first-order valence-electron chi connectivity index (χ1n) is 7.78. The van der Waals surface area contributed by atoms with Crippen LogP contribution in [0.4, 0.5) is 16.5 Å². The number of para-hydroxylation sites is 1. The van der Waals surface area contributed by atoms with Crippen LogP contribution in [0.1, 0.15) is 0 Å². The van der Waals surface area contributed by atoms with E-state index in [1.165, 1.54) is 35.2 Å². The number of carbonyl (C=O) groups is 1. The molecule has 2 N–H and O–H groups in total. The summed E-state index contributed by atoms with van der Waals surface area (Å²) in [6.45, 7) is 0. The van der Waals surface area contributed by atoms with Gasteiger partial charge in [-0.25, -0.2) is 8.42 Å². The van der Waals surface area contributed by atoms with Crippen LogP contribution in [-0.2, 0) is 14.6 Å². The van der Waals surface area contributed by atoms with Gasteiger partial charge in [0.05, 0.1) is 10.6 Å². The summed E-state index contributed by atoms with van der Waals surface area (Å²) < 4.78 is 23.8. The number of hydrogen-bond donors (Lipinski definition) is 2. The lowest BCUT2D eigenvalue weighted by molar-refractivity contribution is -0.113. The molecule has 140 valence electrons. The topological polar surface area (TPSA) is 101 Å². The Kier molecular flexibility index (Phi) is 6.09. The van der Waals surface area contributed by atoms with E-state index in [1.54, 1.807) is 12.1 Å². The number of thioether (sulfide) groups is 1. The monoisotopic (exact) mass is 420 g/mol. The first kappa shape index (κ1) is 19.3. The smallest absolute Gasteiger partial charge is 0.234 e. The Hall–Kier alpha value is -2.43. The fourth-order valence-electron chi connectivity index (χ4n) is 2.09. The predicted octanol–water partition coefficient (Wildman–Crippen LogP) is 3.42. The maximum Gasteiger partial charge on any atom is 0.234 e. The van der Waals surface area contributed by atoms with Crippen molar-refractivity contribution in [3.05, 3.63) is 54.6 Å². The molecule has 27 heavy (non-hydrogen) atoms. The minimum Gasteiger partial charge on any atom is -0.330 e. The highest BCUT2D eigenvalue weighted by atomic mass is 32.2. The van der Waals surface area contributed by atoms with Crippen LogP contribution in [-0.4, -0.2) is 36.5 Å². The zero-order chi connectivity index (χ0) is 19.3. The first-order chi connectivity index (χ1) is 12.9. The molecule has 0 aliphatic heterocycles. The van der Waals surface area contributed by atoms with Crippen molar-refractivity contribution in [1.29, 1.82) is 0 Å². The number of aromatic nitrogens is 2. The second kappa shape index (κ2) is 8.51. The molecule has 3 aromatic rings. The minimum absolute atomic E-state index is 0.142. The van der Waals surface area contributed by atoms with Crippen LogP contribution in [0.15, 0.2) is 63.8 Å². The minimum atomic E-state index is -3.32. The highest BCUT2D eigenvalue weighted by Gasteiger charge is 2.11. The summed E-state index contributed by atoms with van der Waals surface area (Å²) in [7, 11) is -3.32. The molecule has 0 aliphatic carbocycles. The number of anilines is 3. The third-order valence-corrected chi connectivity index (χ3v) is 6.39. The molecule has 0 atom stereocenters. The maximum atomic E-state index is 12.1. The molecule has 7 nitrogen and oxygen atoms in total.